The first-order valence-electron chi connectivity index (χ1n) is 3.57. The fourth-order valence-corrected chi connectivity index (χ4v) is 1.34. The zero-order valence-electron chi connectivity index (χ0n) is 6.94. The molecule has 12 heavy (non-hydrogen) atoms. The van der Waals surface area contributed by atoms with Crippen LogP contribution in [-0.4, -0.2) is 34.4 Å². The third kappa shape index (κ3) is 6.63. The van der Waals surface area contributed by atoms with E-state index < -0.39 is 21.2 Å². The van der Waals surface area contributed by atoms with Gasteiger partial charge in [-0.1, -0.05) is 0 Å². The van der Waals surface area contributed by atoms with Crippen molar-refractivity contribution in [2.24, 2.45) is 0 Å². The van der Waals surface area contributed by atoms with Crippen LogP contribution in [0.1, 0.15) is 13.8 Å². The highest BCUT2D eigenvalue weighted by atomic mass is 28.2. The summed E-state index contributed by atoms with van der Waals surface area (Å²) in [6, 6.07) is 0. The molecular weight excluding hydrogens is 189 g/mol. The van der Waals surface area contributed by atoms with Crippen LogP contribution >= 0.6 is 0 Å². The van der Waals surface area contributed by atoms with Crippen molar-refractivity contribution in [3.05, 3.63) is 0 Å². The minimum atomic E-state index is -4.20. The van der Waals surface area contributed by atoms with Crippen molar-refractivity contribution >= 4 is 9.52 Å². The highest BCUT2D eigenvalue weighted by Crippen LogP contribution is 2.15. The Kier molecular flexibility index (Phi) is 5.52. The zero-order chi connectivity index (χ0) is 9.61. The smallest absolute Gasteiger partial charge is 0.357 e. The van der Waals surface area contributed by atoms with Crippen LogP contribution in [-0.2, 0) is 9.47 Å². The van der Waals surface area contributed by atoms with Gasteiger partial charge in [0.15, 0.2) is 0 Å². The molecule has 0 spiro atoms. The molecule has 0 aliphatic heterocycles. The molecule has 0 N–H and O–H groups in total. The molecule has 0 saturated carbocycles. The van der Waals surface area contributed by atoms with Gasteiger partial charge in [-0.15, -0.1) is 0 Å². The Hall–Kier alpha value is -0.0731. The van der Waals surface area contributed by atoms with Gasteiger partial charge in [0.1, 0.15) is 5.91 Å². The first-order chi connectivity index (χ1) is 5.49. The summed E-state index contributed by atoms with van der Waals surface area (Å²) < 4.78 is 44.9. The van der Waals surface area contributed by atoms with Gasteiger partial charge < -0.3 is 9.47 Å². The number of rotatable bonds is 5. The SMILES string of the molecule is CCOC(OCC)[Si]C(F)(F)F. The molecule has 0 unspecified atom stereocenters. The average Bonchev–Trinajstić information content (AvgIpc) is 1.84. The first-order valence-corrected chi connectivity index (χ1v) is 4.65. The van der Waals surface area contributed by atoms with Gasteiger partial charge in [0.25, 0.3) is 9.52 Å². The molecule has 2 radical (unpaired) electrons. The lowest BCUT2D eigenvalue weighted by Gasteiger charge is -2.16. The predicted molar refractivity (Wildman–Crippen MR) is 38.8 cm³/mol. The molecule has 0 aromatic carbocycles. The lowest BCUT2D eigenvalue weighted by molar-refractivity contribution is -0.108. The van der Waals surface area contributed by atoms with Crippen LogP contribution in [0.4, 0.5) is 13.2 Å². The molecule has 0 fully saturated rings. The molecule has 0 saturated heterocycles. The predicted octanol–water partition coefficient (Wildman–Crippen LogP) is 1.57. The fourth-order valence-electron chi connectivity index (χ4n) is 0.568. The number of hydrogen-bond donors (Lipinski definition) is 0. The molecule has 0 aromatic rings. The molecule has 6 heteroatoms. The largest absolute Gasteiger partial charge is 0.363 e. The average molecular weight is 200 g/mol. The molecule has 0 amide bonds. The molecule has 0 aromatic heterocycles. The second-order valence-corrected chi connectivity index (χ2v) is 3.21. The third-order valence-electron chi connectivity index (χ3n) is 0.918. The summed E-state index contributed by atoms with van der Waals surface area (Å²) in [6.45, 7) is 3.72. The van der Waals surface area contributed by atoms with E-state index in [2.05, 4.69) is 0 Å². The minimum absolute atomic E-state index is 0.230. The summed E-state index contributed by atoms with van der Waals surface area (Å²) in [7, 11) is -1.30. The molecule has 0 aliphatic rings. The number of ether oxygens (including phenoxy) is 2. The van der Waals surface area contributed by atoms with E-state index in [1.165, 1.54) is 0 Å². The van der Waals surface area contributed by atoms with Crippen molar-refractivity contribution in [3.8, 4) is 0 Å². The molecule has 0 atom stereocenters. The quantitative estimate of drug-likeness (QED) is 0.495. The van der Waals surface area contributed by atoms with Crippen LogP contribution < -0.4 is 0 Å². The summed E-state index contributed by atoms with van der Waals surface area (Å²) in [4.78, 5) is 0. The Morgan fingerprint density at radius 2 is 1.58 bits per heavy atom. The zero-order valence-corrected chi connectivity index (χ0v) is 7.94. The van der Waals surface area contributed by atoms with Crippen LogP contribution in [0.25, 0.3) is 0 Å². The molecule has 0 bridgehead atoms. The highest BCUT2D eigenvalue weighted by Gasteiger charge is 2.34. The van der Waals surface area contributed by atoms with Crippen molar-refractivity contribution in [1.82, 2.24) is 0 Å². The van der Waals surface area contributed by atoms with Crippen molar-refractivity contribution in [1.29, 1.82) is 0 Å². The summed E-state index contributed by atoms with van der Waals surface area (Å²) in [5.74, 6) is -5.32. The maximum Gasteiger partial charge on any atom is 0.363 e. The van der Waals surface area contributed by atoms with E-state index in [1.807, 2.05) is 0 Å². The van der Waals surface area contributed by atoms with Gasteiger partial charge in [-0.2, -0.15) is 13.2 Å². The van der Waals surface area contributed by atoms with E-state index in [-0.39, 0.29) is 13.2 Å². The fraction of sp³-hybridized carbons (Fsp3) is 1.00. The number of halogens is 3. The minimum Gasteiger partial charge on any atom is -0.357 e. The van der Waals surface area contributed by atoms with E-state index in [4.69, 9.17) is 9.47 Å². The van der Waals surface area contributed by atoms with Gasteiger partial charge in [-0.25, -0.2) is 0 Å². The van der Waals surface area contributed by atoms with Crippen molar-refractivity contribution in [2.75, 3.05) is 13.2 Å². The Bertz CT molecular complexity index is 112. The Balaban J connectivity index is 3.77. The van der Waals surface area contributed by atoms with E-state index >= 15 is 0 Å². The third-order valence-corrected chi connectivity index (χ3v) is 1.81. The van der Waals surface area contributed by atoms with Crippen molar-refractivity contribution in [2.45, 2.75) is 25.6 Å². The van der Waals surface area contributed by atoms with Crippen LogP contribution in [0.3, 0.4) is 0 Å². The molecule has 72 valence electrons. The van der Waals surface area contributed by atoms with Gasteiger partial charge in [0.2, 0.25) is 0 Å². The number of alkyl halides is 3. The maximum atomic E-state index is 11.8. The maximum absolute atomic E-state index is 11.8. The standard InChI is InChI=1S/C6H11F3O2Si/c1-3-10-5(11-4-2)12-6(7,8)9/h5H,3-4H2,1-2H3. The highest BCUT2D eigenvalue weighted by molar-refractivity contribution is 6.39. The van der Waals surface area contributed by atoms with Crippen LogP contribution in [0.5, 0.6) is 0 Å². The molecule has 0 aliphatic carbocycles. The summed E-state index contributed by atoms with van der Waals surface area (Å²) >= 11 is 0. The first kappa shape index (κ1) is 11.9. The summed E-state index contributed by atoms with van der Waals surface area (Å²) in [6.07, 6.45) is 0. The lowest BCUT2D eigenvalue weighted by Crippen LogP contribution is -2.35. The summed E-state index contributed by atoms with van der Waals surface area (Å²) in [5.41, 5.74) is 0. The molecule has 0 heterocycles. The van der Waals surface area contributed by atoms with Crippen LogP contribution in [0.2, 0.25) is 0 Å². The van der Waals surface area contributed by atoms with Crippen LogP contribution in [0, 0.1) is 0 Å². The second-order valence-electron chi connectivity index (χ2n) is 1.88. The van der Waals surface area contributed by atoms with Gasteiger partial charge in [0.05, 0.1) is 0 Å². The van der Waals surface area contributed by atoms with E-state index in [1.54, 1.807) is 13.8 Å². The van der Waals surface area contributed by atoms with Crippen LogP contribution in [0.15, 0.2) is 0 Å². The monoisotopic (exact) mass is 200 g/mol. The van der Waals surface area contributed by atoms with Gasteiger partial charge in [-0.05, 0) is 13.8 Å². The number of hydrogen-bond acceptors (Lipinski definition) is 2. The van der Waals surface area contributed by atoms with Gasteiger partial charge in [-0.3, -0.25) is 0 Å². The normalized spacial score (nSPS) is 12.5. The van der Waals surface area contributed by atoms with Gasteiger partial charge >= 0.3 is 5.80 Å². The van der Waals surface area contributed by atoms with Crippen molar-refractivity contribution < 1.29 is 22.6 Å². The van der Waals surface area contributed by atoms with Gasteiger partial charge in [0, 0.05) is 13.2 Å². The molecule has 2 nitrogen and oxygen atoms in total. The summed E-state index contributed by atoms with van der Waals surface area (Å²) in [5, 5.41) is 0. The van der Waals surface area contributed by atoms with E-state index in [9.17, 15) is 13.2 Å². The second kappa shape index (κ2) is 5.55. The Morgan fingerprint density at radius 3 is 1.83 bits per heavy atom. The van der Waals surface area contributed by atoms with Crippen molar-refractivity contribution in [3.63, 3.8) is 0 Å². The Morgan fingerprint density at radius 1 is 1.17 bits per heavy atom. The topological polar surface area (TPSA) is 18.5 Å². The molecule has 0 rings (SSSR count). The lowest BCUT2D eigenvalue weighted by atomic mass is 10.8. The van der Waals surface area contributed by atoms with E-state index in [0.29, 0.717) is 0 Å². The van der Waals surface area contributed by atoms with E-state index in [0.717, 1.165) is 0 Å². The Labute approximate surface area is 71.9 Å². The molecular formula is C6H11F3O2Si.